The summed E-state index contributed by atoms with van der Waals surface area (Å²) >= 11 is 1.36. The number of aryl methyl sites for hydroxylation is 2. The zero-order valence-electron chi connectivity index (χ0n) is 32.3. The van der Waals surface area contributed by atoms with Crippen molar-refractivity contribution in [3.05, 3.63) is 146 Å². The molecule has 49 heavy (non-hydrogen) atoms. The van der Waals surface area contributed by atoms with Crippen molar-refractivity contribution in [2.75, 3.05) is 0 Å². The van der Waals surface area contributed by atoms with Crippen molar-refractivity contribution in [3.63, 3.8) is 0 Å². The quantitative estimate of drug-likeness (QED) is 0.122. The van der Waals surface area contributed by atoms with Crippen LogP contribution in [0.2, 0.25) is 0 Å². The molecule has 0 atom stereocenters. The Kier molecular flexibility index (Phi) is 15.5. The summed E-state index contributed by atoms with van der Waals surface area (Å²) < 4.78 is 0. The minimum atomic E-state index is 0. The van der Waals surface area contributed by atoms with Crippen molar-refractivity contribution in [1.29, 1.82) is 0 Å². The first kappa shape index (κ1) is 42.4. The van der Waals surface area contributed by atoms with Gasteiger partial charge < -0.3 is 14.9 Å². The van der Waals surface area contributed by atoms with E-state index in [2.05, 4.69) is 179 Å². The number of hydrogen-bond acceptors (Lipinski definition) is 0. The van der Waals surface area contributed by atoms with Crippen LogP contribution in [0.1, 0.15) is 102 Å². The van der Waals surface area contributed by atoms with Crippen LogP contribution >= 0.6 is 0 Å². The molecule has 0 N–H and O–H groups in total. The molecular formula is C47H58SiZr-4. The van der Waals surface area contributed by atoms with Gasteiger partial charge in [-0.2, -0.15) is 12.1 Å². The van der Waals surface area contributed by atoms with Gasteiger partial charge in [0.15, 0.2) is 0 Å². The van der Waals surface area contributed by atoms with Crippen molar-refractivity contribution < 1.29 is 23.3 Å². The molecule has 0 saturated heterocycles. The van der Waals surface area contributed by atoms with Crippen molar-refractivity contribution in [2.45, 2.75) is 98.8 Å². The van der Waals surface area contributed by atoms with Gasteiger partial charge in [0, 0.05) is 0 Å². The Hall–Kier alpha value is -2.80. The summed E-state index contributed by atoms with van der Waals surface area (Å²) in [5.74, 6) is 0.573. The van der Waals surface area contributed by atoms with E-state index in [0.29, 0.717) is 5.92 Å². The van der Waals surface area contributed by atoms with Gasteiger partial charge in [0.05, 0.1) is 0 Å². The maximum absolute atomic E-state index is 3.06. The van der Waals surface area contributed by atoms with Crippen LogP contribution in [-0.4, -0.2) is 6.88 Å². The Bertz CT molecular complexity index is 1900. The summed E-state index contributed by atoms with van der Waals surface area (Å²) in [5.41, 5.74) is 12.8. The van der Waals surface area contributed by atoms with Crippen LogP contribution < -0.4 is 0 Å². The molecule has 0 aliphatic rings. The standard InChI is InChI=1S/C23H27.C22H25.2CH3.Si.Zr/c1-6-7-17-14-21-16(2)8-13-20(22(21)15-17)18-9-11-19(12-10-18)23(3,4)5;1-15(2)18-13-17-7-6-8-20(21(17)14-18)16-9-11-19(12-10-16)22(3,4)5;;;;/h8-15H,6-7H2,1-5H3;6-15H,1-5H3;2*1H3;;/q4*-1;;. The van der Waals surface area contributed by atoms with Crippen molar-refractivity contribution in [1.82, 2.24) is 0 Å². The van der Waals surface area contributed by atoms with Crippen LogP contribution in [0.25, 0.3) is 43.8 Å². The van der Waals surface area contributed by atoms with Gasteiger partial charge in [-0.05, 0) is 45.4 Å². The molecule has 2 heteroatoms. The fourth-order valence-electron chi connectivity index (χ4n) is 6.33. The summed E-state index contributed by atoms with van der Waals surface area (Å²) in [6.45, 7) is 25.6. The van der Waals surface area contributed by atoms with Crippen LogP contribution in [0.15, 0.2) is 103 Å². The third kappa shape index (κ3) is 10.1. The van der Waals surface area contributed by atoms with E-state index in [-0.39, 0.29) is 25.7 Å². The van der Waals surface area contributed by atoms with Crippen LogP contribution in [0, 0.1) is 21.8 Å². The Morgan fingerprint density at radius 2 is 1.16 bits per heavy atom. The second-order valence-electron chi connectivity index (χ2n) is 15.3. The molecule has 0 amide bonds. The van der Waals surface area contributed by atoms with Gasteiger partial charge in [-0.3, -0.25) is 0 Å². The molecule has 0 nitrogen and oxygen atoms in total. The van der Waals surface area contributed by atoms with E-state index in [9.17, 15) is 0 Å². The zero-order chi connectivity index (χ0) is 34.5. The predicted molar refractivity (Wildman–Crippen MR) is 219 cm³/mol. The molecule has 0 aliphatic carbocycles. The van der Waals surface area contributed by atoms with Crippen molar-refractivity contribution >= 4 is 28.4 Å². The zero-order valence-corrected chi connectivity index (χ0v) is 35.8. The van der Waals surface area contributed by atoms with Gasteiger partial charge in [0.2, 0.25) is 0 Å². The second-order valence-corrected chi connectivity index (χ2v) is 15.3. The molecular weight excluding hydrogens is 684 g/mol. The van der Waals surface area contributed by atoms with Crippen LogP contribution in [0.5, 0.6) is 0 Å². The number of hydrogen-bond donors (Lipinski definition) is 0. The SMILES string of the molecule is CC(C)c1cc2c(-c3ccc(C(C)(C)C)cc3)cccc2[cH-]1.CCCc1cc2c(-c3ccc(C(C)(C)C)cc3)ccc(C)c2[cH-]1.[CH3-].[CH3-].[Si]=[Zr]. The topological polar surface area (TPSA) is 0 Å². The molecule has 0 aromatic heterocycles. The van der Waals surface area contributed by atoms with E-state index in [1.807, 2.05) is 0 Å². The first-order valence-electron chi connectivity index (χ1n) is 17.1. The molecule has 0 bridgehead atoms. The van der Waals surface area contributed by atoms with E-state index in [1.54, 1.807) is 0 Å². The predicted octanol–water partition coefficient (Wildman–Crippen LogP) is 13.9. The average Bonchev–Trinajstić information content (AvgIpc) is 3.68. The van der Waals surface area contributed by atoms with Crippen molar-refractivity contribution in [2.24, 2.45) is 0 Å². The Morgan fingerprint density at radius 3 is 1.63 bits per heavy atom. The van der Waals surface area contributed by atoms with Gasteiger partial charge in [-0.1, -0.05) is 147 Å². The number of fused-ring (bicyclic) bond motifs is 2. The monoisotopic (exact) mass is 740 g/mol. The molecule has 6 rings (SSSR count). The molecule has 0 aliphatic heterocycles. The van der Waals surface area contributed by atoms with Crippen LogP contribution in [-0.2, 0) is 40.6 Å². The van der Waals surface area contributed by atoms with Gasteiger partial charge in [0.1, 0.15) is 0 Å². The van der Waals surface area contributed by atoms with Gasteiger partial charge in [-0.15, -0.1) is 68.6 Å². The van der Waals surface area contributed by atoms with Crippen LogP contribution in [0.3, 0.4) is 0 Å². The summed E-state index contributed by atoms with van der Waals surface area (Å²) in [4.78, 5) is 0. The summed E-state index contributed by atoms with van der Waals surface area (Å²) in [5, 5.41) is 5.53. The maximum atomic E-state index is 3.06. The molecule has 2 radical (unpaired) electrons. The number of benzene rings is 4. The second kappa shape index (κ2) is 17.9. The van der Waals surface area contributed by atoms with E-state index in [1.165, 1.54) is 101 Å². The molecule has 6 aromatic carbocycles. The average molecular weight is 742 g/mol. The molecule has 0 heterocycles. The summed E-state index contributed by atoms with van der Waals surface area (Å²) in [6.07, 6.45) is 2.36. The van der Waals surface area contributed by atoms with Crippen molar-refractivity contribution in [3.8, 4) is 22.3 Å². The summed E-state index contributed by atoms with van der Waals surface area (Å²) in [7, 11) is 0. The van der Waals surface area contributed by atoms with E-state index < -0.39 is 0 Å². The summed E-state index contributed by atoms with van der Waals surface area (Å²) in [6, 6.07) is 38.7. The number of rotatable bonds is 5. The van der Waals surface area contributed by atoms with Crippen LogP contribution in [0.4, 0.5) is 0 Å². The first-order valence-corrected chi connectivity index (χ1v) is 21.3. The van der Waals surface area contributed by atoms with Gasteiger partial charge >= 0.3 is 30.2 Å². The Morgan fingerprint density at radius 1 is 0.653 bits per heavy atom. The van der Waals surface area contributed by atoms with E-state index >= 15 is 0 Å². The minimum absolute atomic E-state index is 0. The van der Waals surface area contributed by atoms with E-state index in [4.69, 9.17) is 0 Å². The third-order valence-electron chi connectivity index (χ3n) is 9.27. The fraction of sp³-hybridized carbons (Fsp3) is 0.319. The first-order chi connectivity index (χ1) is 22.3. The molecule has 6 aromatic rings. The van der Waals surface area contributed by atoms with Gasteiger partial charge in [0.25, 0.3) is 0 Å². The normalized spacial score (nSPS) is 11.2. The molecule has 0 spiro atoms. The molecule has 0 unspecified atom stereocenters. The molecule has 0 fully saturated rings. The molecule has 0 saturated carbocycles. The van der Waals surface area contributed by atoms with E-state index in [0.717, 1.165) is 6.42 Å². The Labute approximate surface area is 316 Å². The van der Waals surface area contributed by atoms with Gasteiger partial charge in [-0.25, -0.2) is 0 Å². The molecule has 258 valence electrons. The fourth-order valence-corrected chi connectivity index (χ4v) is 6.33. The third-order valence-corrected chi connectivity index (χ3v) is 9.27. The Balaban J connectivity index is 0.000000312.